The molecule has 1 heterocycles. The van der Waals surface area contributed by atoms with E-state index < -0.39 is 16.1 Å². The number of hydrogen-bond acceptors (Lipinski definition) is 6. The molecule has 8 nitrogen and oxygen atoms in total. The quantitative estimate of drug-likeness (QED) is 0.577. The number of ether oxygens (including phenoxy) is 1. The number of carbonyl (C=O) groups excluding carboxylic acids is 1. The lowest BCUT2D eigenvalue weighted by Crippen LogP contribution is -2.31. The number of hydrogen-bond donors (Lipinski definition) is 1. The van der Waals surface area contributed by atoms with E-state index in [-0.39, 0.29) is 14.5 Å². The summed E-state index contributed by atoms with van der Waals surface area (Å²) in [4.78, 5) is 17.7. The molecule has 0 spiro atoms. The Labute approximate surface area is 183 Å². The van der Waals surface area contributed by atoms with Crippen molar-refractivity contribution in [1.29, 1.82) is 0 Å². The molecule has 0 saturated carbocycles. The first-order valence-electron chi connectivity index (χ1n) is 8.65. The lowest BCUT2D eigenvalue weighted by Gasteiger charge is -2.15. The topological polar surface area (TPSA) is 91.8 Å². The van der Waals surface area contributed by atoms with Crippen LogP contribution in [0.1, 0.15) is 0 Å². The van der Waals surface area contributed by atoms with Crippen LogP contribution in [-0.4, -0.2) is 44.9 Å². The molecule has 1 N–H and O–H groups in total. The van der Waals surface area contributed by atoms with Crippen molar-refractivity contribution in [3.8, 4) is 11.5 Å². The number of urea groups is 1. The summed E-state index contributed by atoms with van der Waals surface area (Å²) < 4.78 is 31.2. The average Bonchev–Trinajstić information content (AvgIpc) is 3.12. The lowest BCUT2D eigenvalue weighted by molar-refractivity contribution is 0.258. The zero-order valence-corrected chi connectivity index (χ0v) is 18.8. The minimum atomic E-state index is -3.75. The SMILES string of the molecule is CN(C(=O)Nc1ccc(Oc2ccccc2)cc1)c1nc(Cl)c(S(=O)(=O)N(C)C)s1. The van der Waals surface area contributed by atoms with E-state index in [0.717, 1.165) is 15.6 Å². The van der Waals surface area contributed by atoms with E-state index >= 15 is 0 Å². The monoisotopic (exact) mass is 466 g/mol. The standard InChI is InChI=1S/C19H19ClN4O4S2/c1-23(2)30(26,27)17-16(20)22-19(29-17)24(3)18(25)21-13-9-11-15(12-10-13)28-14-7-5-4-6-8-14/h4-12H,1-3H3,(H,21,25). The van der Waals surface area contributed by atoms with Crippen LogP contribution in [0.4, 0.5) is 15.6 Å². The smallest absolute Gasteiger partial charge is 0.327 e. The third-order valence-corrected chi connectivity index (χ3v) is 7.87. The third kappa shape index (κ3) is 4.90. The van der Waals surface area contributed by atoms with Gasteiger partial charge in [-0.2, -0.15) is 0 Å². The van der Waals surface area contributed by atoms with Crippen molar-refractivity contribution < 1.29 is 17.9 Å². The molecule has 0 radical (unpaired) electrons. The maximum absolute atomic E-state index is 12.5. The largest absolute Gasteiger partial charge is 0.457 e. The number of rotatable bonds is 6. The Kier molecular flexibility index (Phi) is 6.61. The van der Waals surface area contributed by atoms with Crippen molar-refractivity contribution in [2.45, 2.75) is 4.21 Å². The minimum absolute atomic E-state index is 0.119. The molecule has 0 aliphatic rings. The first-order chi connectivity index (χ1) is 14.2. The molecule has 1 aromatic heterocycles. The molecule has 0 aliphatic heterocycles. The Morgan fingerprint density at radius 3 is 2.23 bits per heavy atom. The molecule has 11 heteroatoms. The summed E-state index contributed by atoms with van der Waals surface area (Å²) >= 11 is 6.81. The first kappa shape index (κ1) is 22.0. The van der Waals surface area contributed by atoms with Gasteiger partial charge in [0.15, 0.2) is 14.5 Å². The second kappa shape index (κ2) is 9.00. The van der Waals surface area contributed by atoms with Crippen molar-refractivity contribution in [1.82, 2.24) is 9.29 Å². The van der Waals surface area contributed by atoms with Crippen molar-refractivity contribution in [3.05, 3.63) is 59.8 Å². The van der Waals surface area contributed by atoms with Gasteiger partial charge in [0.25, 0.3) is 10.0 Å². The summed E-state index contributed by atoms with van der Waals surface area (Å²) in [5, 5.41) is 2.70. The lowest BCUT2D eigenvalue weighted by atomic mass is 10.3. The van der Waals surface area contributed by atoms with E-state index in [1.165, 1.54) is 26.0 Å². The first-order valence-corrected chi connectivity index (χ1v) is 11.3. The summed E-state index contributed by atoms with van der Waals surface area (Å²) in [5.74, 6) is 1.33. The molecule has 3 aromatic rings. The maximum atomic E-state index is 12.5. The zero-order chi connectivity index (χ0) is 21.9. The van der Waals surface area contributed by atoms with Crippen molar-refractivity contribution >= 4 is 49.8 Å². The number of carbonyl (C=O) groups is 1. The van der Waals surface area contributed by atoms with Crippen LogP contribution in [0.15, 0.2) is 58.8 Å². The number of nitrogens with zero attached hydrogens (tertiary/aromatic N) is 3. The molecule has 0 saturated heterocycles. The molecule has 30 heavy (non-hydrogen) atoms. The van der Waals surface area contributed by atoms with Crippen LogP contribution in [0.3, 0.4) is 0 Å². The average molecular weight is 467 g/mol. The van der Waals surface area contributed by atoms with Crippen molar-refractivity contribution in [2.75, 3.05) is 31.4 Å². The van der Waals surface area contributed by atoms with Gasteiger partial charge in [-0.1, -0.05) is 41.1 Å². The van der Waals surface area contributed by atoms with Gasteiger partial charge in [-0.05, 0) is 36.4 Å². The fourth-order valence-corrected chi connectivity index (χ4v) is 5.14. The predicted octanol–water partition coefficient (Wildman–Crippen LogP) is 4.51. The number of para-hydroxylation sites is 1. The van der Waals surface area contributed by atoms with E-state index in [4.69, 9.17) is 16.3 Å². The summed E-state index contributed by atoms with van der Waals surface area (Å²) in [5.41, 5.74) is 0.538. The van der Waals surface area contributed by atoms with Crippen molar-refractivity contribution in [2.24, 2.45) is 0 Å². The Balaban J connectivity index is 1.69. The normalized spacial score (nSPS) is 11.4. The molecule has 2 amide bonds. The summed E-state index contributed by atoms with van der Waals surface area (Å²) in [7, 11) is 0.516. The Hall–Kier alpha value is -2.66. The van der Waals surface area contributed by atoms with Crippen LogP contribution in [0.2, 0.25) is 5.15 Å². The molecule has 0 fully saturated rings. The van der Waals surface area contributed by atoms with Crippen LogP contribution >= 0.6 is 22.9 Å². The second-order valence-corrected chi connectivity index (χ2v) is 9.97. The summed E-state index contributed by atoms with van der Waals surface area (Å²) in [6.45, 7) is 0. The van der Waals surface area contributed by atoms with E-state index in [9.17, 15) is 13.2 Å². The summed E-state index contributed by atoms with van der Waals surface area (Å²) in [6, 6.07) is 15.7. The van der Waals surface area contributed by atoms with Gasteiger partial charge < -0.3 is 10.1 Å². The van der Waals surface area contributed by atoms with E-state index in [1.807, 2.05) is 30.3 Å². The highest BCUT2D eigenvalue weighted by atomic mass is 35.5. The van der Waals surface area contributed by atoms with Crippen LogP contribution in [0.25, 0.3) is 0 Å². The van der Waals surface area contributed by atoms with Gasteiger partial charge >= 0.3 is 6.03 Å². The highest BCUT2D eigenvalue weighted by Gasteiger charge is 2.27. The highest BCUT2D eigenvalue weighted by molar-refractivity contribution is 7.91. The minimum Gasteiger partial charge on any atom is -0.457 e. The van der Waals surface area contributed by atoms with Crippen LogP contribution in [0, 0.1) is 0 Å². The molecule has 0 bridgehead atoms. The van der Waals surface area contributed by atoms with Gasteiger partial charge in [0.05, 0.1) is 0 Å². The van der Waals surface area contributed by atoms with Gasteiger partial charge in [0.2, 0.25) is 0 Å². The van der Waals surface area contributed by atoms with Gasteiger partial charge in [-0.3, -0.25) is 4.90 Å². The number of halogens is 1. The number of anilines is 2. The molecule has 2 aromatic carbocycles. The number of thiazole rings is 1. The number of nitrogens with one attached hydrogen (secondary N) is 1. The molecule has 3 rings (SSSR count). The second-order valence-electron chi connectivity index (χ2n) is 6.29. The number of aromatic nitrogens is 1. The molecule has 0 unspecified atom stereocenters. The zero-order valence-electron chi connectivity index (χ0n) is 16.4. The number of sulfonamides is 1. The Morgan fingerprint density at radius 2 is 1.63 bits per heavy atom. The fraction of sp³-hybridized carbons (Fsp3) is 0.158. The maximum Gasteiger partial charge on any atom is 0.327 e. The number of benzene rings is 2. The predicted molar refractivity (Wildman–Crippen MR) is 118 cm³/mol. The molecular weight excluding hydrogens is 448 g/mol. The molecular formula is C19H19ClN4O4S2. The Bertz CT molecular complexity index is 1130. The molecule has 0 atom stereocenters. The van der Waals surface area contributed by atoms with Gasteiger partial charge in [0, 0.05) is 26.8 Å². The van der Waals surface area contributed by atoms with Crippen LogP contribution < -0.4 is 15.0 Å². The summed E-state index contributed by atoms with van der Waals surface area (Å²) in [6.07, 6.45) is 0. The third-order valence-electron chi connectivity index (χ3n) is 3.94. The van der Waals surface area contributed by atoms with E-state index in [0.29, 0.717) is 17.2 Å². The Morgan fingerprint density at radius 1 is 1.03 bits per heavy atom. The van der Waals surface area contributed by atoms with Crippen LogP contribution in [0.5, 0.6) is 11.5 Å². The van der Waals surface area contributed by atoms with Crippen molar-refractivity contribution in [3.63, 3.8) is 0 Å². The van der Waals surface area contributed by atoms with E-state index in [2.05, 4.69) is 10.3 Å². The molecule has 0 aliphatic carbocycles. The number of amides is 2. The van der Waals surface area contributed by atoms with E-state index in [1.54, 1.807) is 24.3 Å². The highest BCUT2D eigenvalue weighted by Crippen LogP contribution is 2.34. The van der Waals surface area contributed by atoms with Gasteiger partial charge in [-0.15, -0.1) is 0 Å². The molecule has 158 valence electrons. The van der Waals surface area contributed by atoms with Gasteiger partial charge in [0.1, 0.15) is 11.5 Å². The van der Waals surface area contributed by atoms with Crippen LogP contribution in [-0.2, 0) is 10.0 Å². The fourth-order valence-electron chi connectivity index (χ4n) is 2.27. The van der Waals surface area contributed by atoms with Gasteiger partial charge in [-0.25, -0.2) is 22.5 Å².